The molecule has 0 unspecified atom stereocenters. The van der Waals surface area contributed by atoms with Crippen LogP contribution < -0.4 is 5.73 Å². The summed E-state index contributed by atoms with van der Waals surface area (Å²) in [7, 11) is 3.50. The summed E-state index contributed by atoms with van der Waals surface area (Å²) in [4.78, 5) is 16.2. The third-order valence-corrected chi connectivity index (χ3v) is 3.89. The van der Waals surface area contributed by atoms with Crippen LogP contribution in [0.1, 0.15) is 6.23 Å². The second kappa shape index (κ2) is 7.73. The van der Waals surface area contributed by atoms with Crippen molar-refractivity contribution >= 4 is 17.0 Å². The average molecular weight is 372 g/mol. The number of aliphatic hydroxyl groups is 2. The number of nitrogens with zero attached hydrogens (tertiary/aromatic N) is 5. The van der Waals surface area contributed by atoms with Gasteiger partial charge in [-0.15, -0.1) is 0 Å². The van der Waals surface area contributed by atoms with Crippen LogP contribution in [-0.4, -0.2) is 87.0 Å². The molecule has 3 heterocycles. The number of fused-ring (bicyclic) bond motifs is 1. The molecule has 0 aromatic carbocycles. The van der Waals surface area contributed by atoms with Gasteiger partial charge >= 0.3 is 6.08 Å². The summed E-state index contributed by atoms with van der Waals surface area (Å²) in [5, 5.41) is 22.0. The van der Waals surface area contributed by atoms with Gasteiger partial charge in [0.2, 0.25) is 0 Å². The number of hydrogen-bond donors (Lipinski definition) is 3. The maximum absolute atomic E-state index is 13.5. The molecule has 12 heteroatoms. The minimum Gasteiger partial charge on any atom is -0.387 e. The molecular formula is C14H21FN6O5. The van der Waals surface area contributed by atoms with Crippen LogP contribution in [0.15, 0.2) is 6.33 Å². The highest BCUT2D eigenvalue weighted by molar-refractivity contribution is 5.81. The van der Waals surface area contributed by atoms with Crippen LogP contribution in [0, 0.1) is 6.08 Å². The molecular weight excluding hydrogens is 351 g/mol. The normalized spacial score (nSPS) is 26.2. The zero-order valence-corrected chi connectivity index (χ0v) is 14.3. The van der Waals surface area contributed by atoms with Crippen LogP contribution in [0.4, 0.5) is 10.2 Å². The lowest BCUT2D eigenvalue weighted by molar-refractivity contribution is -0.140. The Bertz CT molecular complexity index is 759. The van der Waals surface area contributed by atoms with E-state index in [1.807, 2.05) is 0 Å². The number of ether oxygens (including phenoxy) is 2. The molecule has 1 aliphatic rings. The van der Waals surface area contributed by atoms with Gasteiger partial charge in [0.15, 0.2) is 23.2 Å². The number of nitrogens with two attached hydrogens (primary N) is 1. The molecule has 2 aromatic heterocycles. The molecule has 1 fully saturated rings. The van der Waals surface area contributed by atoms with Crippen LogP contribution in [-0.2, 0) is 14.3 Å². The lowest BCUT2D eigenvalue weighted by atomic mass is 10.1. The van der Waals surface area contributed by atoms with E-state index in [1.165, 1.54) is 10.9 Å². The Labute approximate surface area is 148 Å². The SMILES string of the molecule is CN(C)OCCOC[C@H]1O[C@@H](n2cnc3c(N)nc(F)nc32)[C@H](O)[C@@H]1O. The van der Waals surface area contributed by atoms with Crippen LogP contribution >= 0.6 is 0 Å². The number of anilines is 1. The minimum absolute atomic E-state index is 0.0453. The Hall–Kier alpha value is -1.96. The van der Waals surface area contributed by atoms with Crippen molar-refractivity contribution in [1.82, 2.24) is 24.6 Å². The van der Waals surface area contributed by atoms with Crippen molar-refractivity contribution in [1.29, 1.82) is 0 Å². The molecule has 1 aliphatic heterocycles. The van der Waals surface area contributed by atoms with E-state index in [9.17, 15) is 14.6 Å². The second-order valence-electron chi connectivity index (χ2n) is 5.97. The number of nitrogen functional groups attached to an aromatic ring is 1. The summed E-state index contributed by atoms with van der Waals surface area (Å²) >= 11 is 0. The number of aromatic nitrogens is 4. The lowest BCUT2D eigenvalue weighted by Crippen LogP contribution is -2.34. The highest BCUT2D eigenvalue weighted by Gasteiger charge is 2.44. The fraction of sp³-hybridized carbons (Fsp3) is 0.643. The van der Waals surface area contributed by atoms with Gasteiger partial charge in [-0.25, -0.2) is 4.98 Å². The molecule has 0 bridgehead atoms. The van der Waals surface area contributed by atoms with E-state index in [0.717, 1.165) is 0 Å². The first kappa shape index (κ1) is 18.8. The summed E-state index contributed by atoms with van der Waals surface area (Å²) in [6.07, 6.45) is -4.00. The van der Waals surface area contributed by atoms with E-state index >= 15 is 0 Å². The maximum atomic E-state index is 13.5. The van der Waals surface area contributed by atoms with Gasteiger partial charge < -0.3 is 25.4 Å². The molecule has 0 spiro atoms. The summed E-state index contributed by atoms with van der Waals surface area (Å²) < 4.78 is 25.8. The summed E-state index contributed by atoms with van der Waals surface area (Å²) in [6, 6.07) is 0. The molecule has 4 N–H and O–H groups in total. The minimum atomic E-state index is -1.28. The van der Waals surface area contributed by atoms with Gasteiger partial charge in [-0.2, -0.15) is 19.4 Å². The first-order chi connectivity index (χ1) is 12.4. The van der Waals surface area contributed by atoms with E-state index < -0.39 is 30.6 Å². The van der Waals surface area contributed by atoms with E-state index in [0.29, 0.717) is 6.61 Å². The van der Waals surface area contributed by atoms with Gasteiger partial charge in [0, 0.05) is 14.1 Å². The fourth-order valence-corrected chi connectivity index (χ4v) is 2.67. The number of imidazole rings is 1. The van der Waals surface area contributed by atoms with Gasteiger partial charge in [-0.05, 0) is 0 Å². The molecule has 144 valence electrons. The smallest absolute Gasteiger partial charge is 0.312 e. The number of halogens is 1. The van der Waals surface area contributed by atoms with Crippen molar-refractivity contribution in [2.75, 3.05) is 39.6 Å². The summed E-state index contributed by atoms with van der Waals surface area (Å²) in [5.74, 6) is -0.125. The molecule has 2 aromatic rings. The Morgan fingerprint density at radius 1 is 1.31 bits per heavy atom. The van der Waals surface area contributed by atoms with Gasteiger partial charge in [0.25, 0.3) is 0 Å². The Morgan fingerprint density at radius 2 is 2.08 bits per heavy atom. The molecule has 4 atom stereocenters. The molecule has 0 aliphatic carbocycles. The first-order valence-corrected chi connectivity index (χ1v) is 7.93. The third-order valence-electron chi connectivity index (χ3n) is 3.89. The molecule has 11 nitrogen and oxygen atoms in total. The van der Waals surface area contributed by atoms with Gasteiger partial charge in [0.1, 0.15) is 18.3 Å². The van der Waals surface area contributed by atoms with Crippen molar-refractivity contribution in [2.45, 2.75) is 24.5 Å². The van der Waals surface area contributed by atoms with Crippen LogP contribution in [0.2, 0.25) is 0 Å². The van der Waals surface area contributed by atoms with E-state index in [1.54, 1.807) is 19.2 Å². The highest BCUT2D eigenvalue weighted by atomic mass is 19.1. The standard InChI is InChI=1S/C14H21FN6O5/c1-20(2)25-4-3-24-5-7-9(22)10(23)13(26-7)21-6-17-8-11(16)18-14(15)19-12(8)21/h6-7,9-10,13,22-23H,3-5H2,1-2H3,(H2,16,18,19)/t7-,9-,10-,13-/m1/s1. The zero-order valence-electron chi connectivity index (χ0n) is 14.3. The second-order valence-corrected chi connectivity index (χ2v) is 5.97. The number of hydrogen-bond acceptors (Lipinski definition) is 10. The predicted octanol–water partition coefficient (Wildman–Crippen LogP) is -1.32. The Kier molecular flexibility index (Phi) is 5.60. The molecule has 3 rings (SSSR count). The molecule has 0 radical (unpaired) electrons. The van der Waals surface area contributed by atoms with Crippen molar-refractivity contribution in [3.8, 4) is 0 Å². The number of hydroxylamine groups is 2. The van der Waals surface area contributed by atoms with E-state index in [4.69, 9.17) is 20.0 Å². The molecule has 0 saturated carbocycles. The molecule has 26 heavy (non-hydrogen) atoms. The molecule has 1 saturated heterocycles. The van der Waals surface area contributed by atoms with Crippen molar-refractivity contribution in [2.24, 2.45) is 0 Å². The fourth-order valence-electron chi connectivity index (χ4n) is 2.67. The van der Waals surface area contributed by atoms with Crippen molar-refractivity contribution in [3.63, 3.8) is 0 Å². The van der Waals surface area contributed by atoms with Gasteiger partial charge in [-0.1, -0.05) is 0 Å². The average Bonchev–Trinajstić information content (AvgIpc) is 3.10. The van der Waals surface area contributed by atoms with Crippen LogP contribution in [0.25, 0.3) is 11.2 Å². The predicted molar refractivity (Wildman–Crippen MR) is 86.1 cm³/mol. The van der Waals surface area contributed by atoms with E-state index in [2.05, 4.69) is 15.0 Å². The number of rotatable bonds is 7. The molecule has 0 amide bonds. The van der Waals surface area contributed by atoms with Gasteiger partial charge in [0.05, 0.1) is 26.1 Å². The van der Waals surface area contributed by atoms with E-state index in [-0.39, 0.29) is 30.2 Å². The quantitative estimate of drug-likeness (QED) is 0.304. The largest absolute Gasteiger partial charge is 0.387 e. The Balaban J connectivity index is 1.68. The maximum Gasteiger partial charge on any atom is 0.312 e. The van der Waals surface area contributed by atoms with Crippen LogP contribution in [0.5, 0.6) is 0 Å². The van der Waals surface area contributed by atoms with Crippen LogP contribution in [0.3, 0.4) is 0 Å². The first-order valence-electron chi connectivity index (χ1n) is 7.93. The Morgan fingerprint density at radius 3 is 2.81 bits per heavy atom. The monoisotopic (exact) mass is 372 g/mol. The number of aliphatic hydroxyl groups excluding tert-OH is 2. The zero-order chi connectivity index (χ0) is 18.8. The van der Waals surface area contributed by atoms with Crippen molar-refractivity contribution < 1.29 is 28.9 Å². The summed E-state index contributed by atoms with van der Waals surface area (Å²) in [5.41, 5.74) is 5.86. The highest BCUT2D eigenvalue weighted by Crippen LogP contribution is 2.32. The van der Waals surface area contributed by atoms with Gasteiger partial charge in [-0.3, -0.25) is 9.40 Å². The summed E-state index contributed by atoms with van der Waals surface area (Å²) in [6.45, 7) is 0.668. The lowest BCUT2D eigenvalue weighted by Gasteiger charge is -2.16. The van der Waals surface area contributed by atoms with Crippen molar-refractivity contribution in [3.05, 3.63) is 12.4 Å². The third kappa shape index (κ3) is 3.75. The topological polar surface area (TPSA) is 141 Å².